The van der Waals surface area contributed by atoms with Crippen molar-refractivity contribution in [3.05, 3.63) is 64.9 Å². The second-order valence-corrected chi connectivity index (χ2v) is 6.36. The lowest BCUT2D eigenvalue weighted by Crippen LogP contribution is -2.13. The molecule has 2 aromatic heterocycles. The molecule has 0 aliphatic rings. The Bertz CT molecular complexity index is 1040. The van der Waals surface area contributed by atoms with Gasteiger partial charge in [0.2, 0.25) is 0 Å². The minimum Gasteiger partial charge on any atom is -0.462 e. The predicted octanol–water partition coefficient (Wildman–Crippen LogP) is 4.13. The van der Waals surface area contributed by atoms with Gasteiger partial charge in [0.25, 0.3) is 5.91 Å². The Morgan fingerprint density at radius 2 is 2.07 bits per heavy atom. The lowest BCUT2D eigenvalue weighted by molar-refractivity contribution is -0.112. The van der Waals surface area contributed by atoms with Gasteiger partial charge in [-0.1, -0.05) is 12.1 Å². The molecule has 7 nitrogen and oxygen atoms in total. The van der Waals surface area contributed by atoms with Crippen LogP contribution in [0.15, 0.2) is 58.0 Å². The van der Waals surface area contributed by atoms with Crippen LogP contribution in [0, 0.1) is 11.3 Å². The summed E-state index contributed by atoms with van der Waals surface area (Å²) in [4.78, 5) is 27.8. The molecule has 8 heteroatoms. The molecule has 0 bridgehead atoms. The summed E-state index contributed by atoms with van der Waals surface area (Å²) < 4.78 is 10.6. The van der Waals surface area contributed by atoms with E-state index >= 15 is 0 Å². The van der Waals surface area contributed by atoms with Crippen LogP contribution in [0.5, 0.6) is 0 Å². The van der Waals surface area contributed by atoms with Gasteiger partial charge in [-0.05, 0) is 31.2 Å². The van der Waals surface area contributed by atoms with Crippen LogP contribution in [0.1, 0.15) is 23.0 Å². The van der Waals surface area contributed by atoms with E-state index in [0.29, 0.717) is 28.8 Å². The number of aromatic nitrogens is 1. The van der Waals surface area contributed by atoms with Crippen LogP contribution in [0.2, 0.25) is 0 Å². The number of anilines is 1. The molecular weight excluding hydrogens is 378 g/mol. The van der Waals surface area contributed by atoms with E-state index in [1.165, 1.54) is 17.4 Å². The summed E-state index contributed by atoms with van der Waals surface area (Å²) in [6.45, 7) is 2.06. The van der Waals surface area contributed by atoms with Crippen LogP contribution >= 0.6 is 11.3 Å². The molecule has 0 saturated heterocycles. The third kappa shape index (κ3) is 4.52. The first-order chi connectivity index (χ1) is 13.6. The monoisotopic (exact) mass is 393 g/mol. The molecule has 0 aliphatic heterocycles. The van der Waals surface area contributed by atoms with Gasteiger partial charge in [0.1, 0.15) is 23.2 Å². The normalized spacial score (nSPS) is 10.9. The largest absolute Gasteiger partial charge is 0.462 e. The highest BCUT2D eigenvalue weighted by Crippen LogP contribution is 2.24. The number of esters is 1. The van der Waals surface area contributed by atoms with Crippen LogP contribution in [0.3, 0.4) is 0 Å². The van der Waals surface area contributed by atoms with Crippen molar-refractivity contribution in [1.29, 1.82) is 5.26 Å². The Balaban J connectivity index is 1.75. The Morgan fingerprint density at radius 3 is 2.71 bits per heavy atom. The third-order valence-corrected chi connectivity index (χ3v) is 4.30. The quantitative estimate of drug-likeness (QED) is 0.384. The molecule has 0 aliphatic carbocycles. The van der Waals surface area contributed by atoms with Gasteiger partial charge in [0, 0.05) is 23.2 Å². The Hall–Kier alpha value is -3.70. The number of ether oxygens (including phenoxy) is 1. The van der Waals surface area contributed by atoms with E-state index in [4.69, 9.17) is 9.15 Å². The highest BCUT2D eigenvalue weighted by molar-refractivity contribution is 7.13. The van der Waals surface area contributed by atoms with E-state index in [-0.39, 0.29) is 11.5 Å². The van der Waals surface area contributed by atoms with Crippen molar-refractivity contribution < 1.29 is 18.7 Å². The summed E-state index contributed by atoms with van der Waals surface area (Å²) in [6, 6.07) is 12.0. The topological polar surface area (TPSA) is 105 Å². The van der Waals surface area contributed by atoms with E-state index < -0.39 is 5.91 Å². The number of hydrogen-bond donors (Lipinski definition) is 1. The summed E-state index contributed by atoms with van der Waals surface area (Å²) in [5, 5.41) is 13.9. The van der Waals surface area contributed by atoms with Crippen LogP contribution in [0.25, 0.3) is 17.4 Å². The van der Waals surface area contributed by atoms with E-state index in [1.807, 2.05) is 6.07 Å². The number of carbonyl (C=O) groups is 2. The smallest absolute Gasteiger partial charge is 0.338 e. The second kappa shape index (κ2) is 8.79. The van der Waals surface area contributed by atoms with Crippen LogP contribution < -0.4 is 5.32 Å². The van der Waals surface area contributed by atoms with E-state index in [0.717, 1.165) is 5.56 Å². The number of nitriles is 1. The zero-order chi connectivity index (χ0) is 19.9. The van der Waals surface area contributed by atoms with Gasteiger partial charge >= 0.3 is 5.97 Å². The minimum absolute atomic E-state index is 0.103. The molecule has 1 N–H and O–H groups in total. The average Bonchev–Trinajstić information content (AvgIpc) is 3.38. The summed E-state index contributed by atoms with van der Waals surface area (Å²) in [5.41, 5.74) is 1.09. The molecule has 1 aromatic carbocycles. The summed E-state index contributed by atoms with van der Waals surface area (Å²) >= 11 is 1.26. The zero-order valence-electron chi connectivity index (χ0n) is 14.8. The first-order valence-electron chi connectivity index (χ1n) is 8.30. The molecule has 0 radical (unpaired) electrons. The van der Waals surface area contributed by atoms with Crippen LogP contribution in [-0.2, 0) is 9.53 Å². The van der Waals surface area contributed by atoms with Crippen molar-refractivity contribution in [3.63, 3.8) is 0 Å². The van der Waals surface area contributed by atoms with Gasteiger partial charge < -0.3 is 9.15 Å². The van der Waals surface area contributed by atoms with Gasteiger partial charge in [0.15, 0.2) is 5.13 Å². The number of furan rings is 1. The van der Waals surface area contributed by atoms with Crippen LogP contribution in [0.4, 0.5) is 5.13 Å². The molecule has 3 rings (SSSR count). The lowest BCUT2D eigenvalue weighted by Gasteiger charge is -2.02. The molecule has 0 atom stereocenters. The molecular formula is C20H15N3O4S. The van der Waals surface area contributed by atoms with E-state index in [2.05, 4.69) is 10.3 Å². The highest BCUT2D eigenvalue weighted by Gasteiger charge is 2.13. The minimum atomic E-state index is -0.561. The molecule has 0 fully saturated rings. The summed E-state index contributed by atoms with van der Waals surface area (Å²) in [5.74, 6) is -0.0502. The number of thiazole rings is 1. The predicted molar refractivity (Wildman–Crippen MR) is 104 cm³/mol. The highest BCUT2D eigenvalue weighted by atomic mass is 32.1. The molecule has 2 heterocycles. The van der Waals surface area contributed by atoms with Gasteiger partial charge in [-0.3, -0.25) is 10.1 Å². The lowest BCUT2D eigenvalue weighted by atomic mass is 10.1. The molecule has 0 spiro atoms. The maximum Gasteiger partial charge on any atom is 0.338 e. The first-order valence-corrected chi connectivity index (χ1v) is 9.18. The number of nitrogens with zero attached hydrogens (tertiary/aromatic N) is 2. The van der Waals surface area contributed by atoms with Crippen molar-refractivity contribution in [2.45, 2.75) is 6.92 Å². The molecule has 3 aromatic rings. The van der Waals surface area contributed by atoms with Gasteiger partial charge in [-0.25, -0.2) is 9.78 Å². The average molecular weight is 393 g/mol. The van der Waals surface area contributed by atoms with Gasteiger partial charge in [-0.15, -0.1) is 11.3 Å². The van der Waals surface area contributed by atoms with Crippen LogP contribution in [-0.4, -0.2) is 23.5 Å². The summed E-state index contributed by atoms with van der Waals surface area (Å²) in [6.07, 6.45) is 2.92. The van der Waals surface area contributed by atoms with Crippen molar-refractivity contribution in [2.24, 2.45) is 0 Å². The number of nitrogens with one attached hydrogen (secondary N) is 1. The first kappa shape index (κ1) is 19.1. The number of carbonyl (C=O) groups excluding carboxylic acids is 2. The number of hydrogen-bond acceptors (Lipinski definition) is 7. The van der Waals surface area contributed by atoms with Gasteiger partial charge in [-0.2, -0.15) is 5.26 Å². The fourth-order valence-corrected chi connectivity index (χ4v) is 2.83. The number of amides is 1. The Morgan fingerprint density at radius 1 is 1.29 bits per heavy atom. The maximum absolute atomic E-state index is 12.2. The molecule has 140 valence electrons. The van der Waals surface area contributed by atoms with Crippen molar-refractivity contribution in [1.82, 2.24) is 4.98 Å². The van der Waals surface area contributed by atoms with E-state index in [9.17, 15) is 14.9 Å². The van der Waals surface area contributed by atoms with Crippen molar-refractivity contribution in [3.8, 4) is 17.4 Å². The number of benzene rings is 1. The SMILES string of the molecule is CCOC(=O)c1ccc(-c2ccc(/C=C(\C#N)C(=O)Nc3nccs3)o2)cc1. The fraction of sp³-hybridized carbons (Fsp3) is 0.100. The third-order valence-electron chi connectivity index (χ3n) is 3.61. The molecule has 0 saturated carbocycles. The molecule has 0 unspecified atom stereocenters. The number of rotatable bonds is 6. The van der Waals surface area contributed by atoms with Crippen molar-refractivity contribution in [2.75, 3.05) is 11.9 Å². The fourth-order valence-electron chi connectivity index (χ4n) is 2.31. The standard InChI is InChI=1S/C20H15N3O4S/c1-2-26-19(25)14-5-3-13(4-6-14)17-8-7-16(27-17)11-15(12-21)18(24)23-20-22-9-10-28-20/h3-11H,2H2,1H3,(H,22,23,24)/b15-11+. The second-order valence-electron chi connectivity index (χ2n) is 5.46. The maximum atomic E-state index is 12.2. The Kier molecular flexibility index (Phi) is 5.99. The Labute approximate surface area is 164 Å². The van der Waals surface area contributed by atoms with Gasteiger partial charge in [0.05, 0.1) is 12.2 Å². The van der Waals surface area contributed by atoms with Crippen molar-refractivity contribution >= 4 is 34.4 Å². The van der Waals surface area contributed by atoms with E-state index in [1.54, 1.807) is 54.9 Å². The molecule has 1 amide bonds. The summed E-state index contributed by atoms with van der Waals surface area (Å²) in [7, 11) is 0. The zero-order valence-corrected chi connectivity index (χ0v) is 15.7. The molecule has 28 heavy (non-hydrogen) atoms.